The fraction of sp³-hybridized carbons (Fsp3) is 0.143. The summed E-state index contributed by atoms with van der Waals surface area (Å²) in [6.45, 7) is 0. The molecule has 7 heteroatoms. The molecule has 0 bridgehead atoms. The fourth-order valence-corrected chi connectivity index (χ4v) is 2.36. The second kappa shape index (κ2) is 6.34. The Morgan fingerprint density at radius 3 is 2.10 bits per heavy atom. The van der Waals surface area contributed by atoms with Crippen LogP contribution in [0.15, 0.2) is 36.4 Å². The molecule has 1 nitrogen and oxygen atoms in total. The molecule has 2 aromatic rings. The summed E-state index contributed by atoms with van der Waals surface area (Å²) in [7, 11) is 0. The van der Waals surface area contributed by atoms with Crippen LogP contribution in [0.1, 0.15) is 11.1 Å². The van der Waals surface area contributed by atoms with Gasteiger partial charge < -0.3 is 4.74 Å². The second-order valence-corrected chi connectivity index (χ2v) is 5.31. The summed E-state index contributed by atoms with van der Waals surface area (Å²) in [5.74, 6) is -0.238. The van der Waals surface area contributed by atoms with Crippen LogP contribution >= 0.6 is 34.8 Å². The number of rotatable bonds is 3. The van der Waals surface area contributed by atoms with E-state index in [0.717, 1.165) is 6.07 Å². The van der Waals surface area contributed by atoms with Crippen molar-refractivity contribution in [3.05, 3.63) is 57.6 Å². The summed E-state index contributed by atoms with van der Waals surface area (Å²) < 4.78 is 44.4. The fourth-order valence-electron chi connectivity index (χ4n) is 1.69. The maximum absolute atomic E-state index is 13.1. The summed E-state index contributed by atoms with van der Waals surface area (Å²) in [4.78, 5) is 0. The number of alkyl halides is 4. The van der Waals surface area contributed by atoms with E-state index in [1.54, 1.807) is 0 Å². The number of benzene rings is 2. The summed E-state index contributed by atoms with van der Waals surface area (Å²) in [6, 6.07) is 7.84. The molecule has 0 amide bonds. The third-order valence-corrected chi connectivity index (χ3v) is 3.31. The quantitative estimate of drug-likeness (QED) is 0.568. The highest BCUT2D eigenvalue weighted by Crippen LogP contribution is 2.39. The molecule has 0 N–H and O–H groups in total. The molecule has 0 fully saturated rings. The van der Waals surface area contributed by atoms with Gasteiger partial charge in [-0.3, -0.25) is 0 Å². The monoisotopic (exact) mass is 354 g/mol. The molecule has 0 saturated heterocycles. The molecule has 0 radical (unpaired) electrons. The Balaban J connectivity index is 2.43. The first-order chi connectivity index (χ1) is 9.79. The van der Waals surface area contributed by atoms with Crippen LogP contribution in [-0.2, 0) is 12.1 Å². The molecule has 0 unspecified atom stereocenters. The Kier molecular flexibility index (Phi) is 4.91. The topological polar surface area (TPSA) is 9.23 Å². The van der Waals surface area contributed by atoms with E-state index in [1.807, 2.05) is 0 Å². The Labute approximate surface area is 134 Å². The van der Waals surface area contributed by atoms with Crippen LogP contribution in [0.5, 0.6) is 11.5 Å². The summed E-state index contributed by atoms with van der Waals surface area (Å²) in [5.41, 5.74) is -0.558. The van der Waals surface area contributed by atoms with Crippen LogP contribution < -0.4 is 4.74 Å². The Morgan fingerprint density at radius 2 is 1.57 bits per heavy atom. The van der Waals surface area contributed by atoms with Crippen LogP contribution in [0.25, 0.3) is 0 Å². The van der Waals surface area contributed by atoms with Gasteiger partial charge in [-0.15, -0.1) is 11.6 Å². The van der Waals surface area contributed by atoms with Crippen LogP contribution in [0.2, 0.25) is 10.0 Å². The number of halogens is 6. The van der Waals surface area contributed by atoms with Gasteiger partial charge >= 0.3 is 6.18 Å². The van der Waals surface area contributed by atoms with Crippen molar-refractivity contribution in [2.75, 3.05) is 0 Å². The maximum atomic E-state index is 13.1. The standard InChI is InChI=1S/C14H8Cl3F3O/c15-7-8-1-2-13(12(3-8)14(18,19)20)21-11-5-9(16)4-10(17)6-11/h1-6H,7H2. The normalized spacial score (nSPS) is 11.5. The van der Waals surface area contributed by atoms with E-state index in [0.29, 0.717) is 5.56 Å². The van der Waals surface area contributed by atoms with Crippen molar-refractivity contribution in [2.24, 2.45) is 0 Å². The molecule has 0 heterocycles. The number of hydrogen-bond donors (Lipinski definition) is 0. The summed E-state index contributed by atoms with van der Waals surface area (Å²) in [6.07, 6.45) is -4.56. The van der Waals surface area contributed by atoms with Gasteiger partial charge in [-0.05, 0) is 35.9 Å². The average Bonchev–Trinajstić information content (AvgIpc) is 2.36. The van der Waals surface area contributed by atoms with Gasteiger partial charge in [-0.2, -0.15) is 13.2 Å². The second-order valence-electron chi connectivity index (χ2n) is 4.17. The molecule has 2 rings (SSSR count). The molecular weight excluding hydrogens is 348 g/mol. The van der Waals surface area contributed by atoms with Crippen LogP contribution in [-0.4, -0.2) is 0 Å². The third kappa shape index (κ3) is 4.19. The smallest absolute Gasteiger partial charge is 0.419 e. The van der Waals surface area contributed by atoms with E-state index in [-0.39, 0.29) is 27.4 Å². The van der Waals surface area contributed by atoms with Gasteiger partial charge in [0.25, 0.3) is 0 Å². The van der Waals surface area contributed by atoms with Gasteiger partial charge in [0.15, 0.2) is 0 Å². The Morgan fingerprint density at radius 1 is 0.952 bits per heavy atom. The lowest BCUT2D eigenvalue weighted by molar-refractivity contribution is -0.138. The van der Waals surface area contributed by atoms with E-state index in [4.69, 9.17) is 39.5 Å². The summed E-state index contributed by atoms with van der Waals surface area (Å²) in [5, 5.41) is 0.534. The van der Waals surface area contributed by atoms with E-state index in [1.165, 1.54) is 30.3 Å². The van der Waals surface area contributed by atoms with Gasteiger partial charge in [0.1, 0.15) is 11.5 Å². The predicted molar refractivity (Wildman–Crippen MR) is 77.5 cm³/mol. The van der Waals surface area contributed by atoms with E-state index < -0.39 is 11.7 Å². The first-order valence-corrected chi connectivity index (χ1v) is 6.98. The molecule has 0 aliphatic rings. The Hall–Kier alpha value is -1.10. The highest BCUT2D eigenvalue weighted by Gasteiger charge is 2.34. The SMILES string of the molecule is FC(F)(F)c1cc(CCl)ccc1Oc1cc(Cl)cc(Cl)c1. The number of ether oxygens (including phenoxy) is 1. The van der Waals surface area contributed by atoms with Crippen molar-refractivity contribution in [2.45, 2.75) is 12.1 Å². The molecule has 0 aliphatic heterocycles. The zero-order valence-corrected chi connectivity index (χ0v) is 12.6. The minimum atomic E-state index is -4.56. The maximum Gasteiger partial charge on any atom is 0.419 e. The van der Waals surface area contributed by atoms with Crippen molar-refractivity contribution in [1.82, 2.24) is 0 Å². The molecule has 0 saturated carbocycles. The first-order valence-electron chi connectivity index (χ1n) is 5.69. The highest BCUT2D eigenvalue weighted by molar-refractivity contribution is 6.34. The van der Waals surface area contributed by atoms with Gasteiger partial charge in [0, 0.05) is 15.9 Å². The third-order valence-electron chi connectivity index (χ3n) is 2.57. The molecule has 21 heavy (non-hydrogen) atoms. The minimum absolute atomic E-state index is 0.0215. The average molecular weight is 356 g/mol. The van der Waals surface area contributed by atoms with Gasteiger partial charge in [-0.1, -0.05) is 29.3 Å². The lowest BCUT2D eigenvalue weighted by Crippen LogP contribution is -2.07. The van der Waals surface area contributed by atoms with Gasteiger partial charge in [0.2, 0.25) is 0 Å². The van der Waals surface area contributed by atoms with Crippen molar-refractivity contribution in [1.29, 1.82) is 0 Å². The molecule has 0 spiro atoms. The molecule has 0 atom stereocenters. The molecule has 0 aromatic heterocycles. The van der Waals surface area contributed by atoms with Crippen molar-refractivity contribution < 1.29 is 17.9 Å². The zero-order chi connectivity index (χ0) is 15.6. The van der Waals surface area contributed by atoms with Crippen molar-refractivity contribution >= 4 is 34.8 Å². The molecule has 112 valence electrons. The zero-order valence-electron chi connectivity index (χ0n) is 10.3. The predicted octanol–water partition coefficient (Wildman–Crippen LogP) is 6.54. The number of hydrogen-bond acceptors (Lipinski definition) is 1. The molecular formula is C14H8Cl3F3O. The Bertz CT molecular complexity index is 636. The van der Waals surface area contributed by atoms with Crippen LogP contribution in [0.3, 0.4) is 0 Å². The largest absolute Gasteiger partial charge is 0.457 e. The van der Waals surface area contributed by atoms with Gasteiger partial charge in [-0.25, -0.2) is 0 Å². The van der Waals surface area contributed by atoms with E-state index in [9.17, 15) is 13.2 Å². The van der Waals surface area contributed by atoms with Crippen molar-refractivity contribution in [3.63, 3.8) is 0 Å². The summed E-state index contributed by atoms with van der Waals surface area (Å²) >= 11 is 17.1. The van der Waals surface area contributed by atoms with Crippen LogP contribution in [0, 0.1) is 0 Å². The van der Waals surface area contributed by atoms with Gasteiger partial charge in [0.05, 0.1) is 5.56 Å². The van der Waals surface area contributed by atoms with E-state index >= 15 is 0 Å². The molecule has 2 aromatic carbocycles. The molecule has 0 aliphatic carbocycles. The van der Waals surface area contributed by atoms with E-state index in [2.05, 4.69) is 0 Å². The minimum Gasteiger partial charge on any atom is -0.457 e. The lowest BCUT2D eigenvalue weighted by Gasteiger charge is -2.15. The lowest BCUT2D eigenvalue weighted by atomic mass is 10.1. The first kappa shape index (κ1) is 16.3. The van der Waals surface area contributed by atoms with Crippen molar-refractivity contribution in [3.8, 4) is 11.5 Å². The van der Waals surface area contributed by atoms with Crippen LogP contribution in [0.4, 0.5) is 13.2 Å². The highest BCUT2D eigenvalue weighted by atomic mass is 35.5.